The Morgan fingerprint density at radius 3 is 2.62 bits per heavy atom. The topological polar surface area (TPSA) is 64.9 Å². The van der Waals surface area contributed by atoms with E-state index >= 15 is 0 Å². The summed E-state index contributed by atoms with van der Waals surface area (Å²) in [6.45, 7) is 0. The first-order chi connectivity index (χ1) is 14.0. The van der Waals surface area contributed by atoms with E-state index in [1.54, 1.807) is 16.9 Å². The highest BCUT2D eigenvalue weighted by atomic mass is 32.2. The van der Waals surface area contributed by atoms with Crippen molar-refractivity contribution in [2.45, 2.75) is 42.4 Å². The van der Waals surface area contributed by atoms with Crippen LogP contribution < -0.4 is 9.46 Å². The lowest BCUT2D eigenvalue weighted by molar-refractivity contribution is -0.0384. The van der Waals surface area contributed by atoms with Gasteiger partial charge in [-0.2, -0.15) is 10.1 Å². The first kappa shape index (κ1) is 19.6. The van der Waals surface area contributed by atoms with Crippen LogP contribution in [0.15, 0.2) is 53.7 Å². The van der Waals surface area contributed by atoms with Crippen LogP contribution in [0.4, 0.5) is 14.7 Å². The first-order valence-corrected chi connectivity index (χ1v) is 10.2. The maximum Gasteiger partial charge on any atom is 0.248 e. The van der Waals surface area contributed by atoms with Gasteiger partial charge in [-0.3, -0.25) is 9.40 Å². The molecule has 4 rings (SSSR count). The molecule has 1 aliphatic carbocycles. The summed E-state index contributed by atoms with van der Waals surface area (Å²) in [6, 6.07) is 11.1. The third-order valence-corrected chi connectivity index (χ3v) is 5.50. The molecule has 2 heterocycles. The van der Waals surface area contributed by atoms with Gasteiger partial charge in [-0.15, -0.1) is 0 Å². The van der Waals surface area contributed by atoms with Crippen molar-refractivity contribution in [3.05, 3.63) is 54.5 Å². The number of para-hydroxylation sites is 1. The fourth-order valence-electron chi connectivity index (χ4n) is 3.25. The Kier molecular flexibility index (Phi) is 5.66. The summed E-state index contributed by atoms with van der Waals surface area (Å²) in [5.41, 5.74) is 0.718. The molecular weight excluding hydrogens is 396 g/mol. The largest absolute Gasteiger partial charge is 0.439 e. The normalized spacial score (nSPS) is 16.5. The van der Waals surface area contributed by atoms with Crippen molar-refractivity contribution in [2.24, 2.45) is 7.05 Å². The third-order valence-electron chi connectivity index (χ3n) is 4.76. The molecule has 2 aromatic heterocycles. The summed E-state index contributed by atoms with van der Waals surface area (Å²) >= 11 is 1.33. The molecule has 0 amide bonds. The van der Waals surface area contributed by atoms with Crippen LogP contribution in [-0.4, -0.2) is 25.7 Å². The van der Waals surface area contributed by atoms with Gasteiger partial charge in [0.2, 0.25) is 17.8 Å². The van der Waals surface area contributed by atoms with Crippen LogP contribution in [0.2, 0.25) is 0 Å². The molecule has 0 aliphatic heterocycles. The quantitative estimate of drug-likeness (QED) is 0.541. The number of aromatic nitrogens is 4. The Morgan fingerprint density at radius 2 is 1.93 bits per heavy atom. The maximum absolute atomic E-state index is 13.6. The van der Waals surface area contributed by atoms with Crippen molar-refractivity contribution in [2.75, 3.05) is 4.72 Å². The second-order valence-electron chi connectivity index (χ2n) is 7.05. The number of rotatable bonds is 6. The predicted molar refractivity (Wildman–Crippen MR) is 107 cm³/mol. The lowest BCUT2D eigenvalue weighted by atomic mass is 9.84. The van der Waals surface area contributed by atoms with E-state index in [4.69, 9.17) is 4.74 Å². The number of alkyl halides is 2. The van der Waals surface area contributed by atoms with Crippen LogP contribution in [-0.2, 0) is 7.05 Å². The smallest absolute Gasteiger partial charge is 0.248 e. The molecule has 0 radical (unpaired) electrons. The number of hydrogen-bond acceptors (Lipinski definition) is 6. The molecule has 1 N–H and O–H groups in total. The monoisotopic (exact) mass is 417 g/mol. The van der Waals surface area contributed by atoms with E-state index in [1.165, 1.54) is 11.9 Å². The summed E-state index contributed by atoms with van der Waals surface area (Å²) in [5, 5.41) is 4.13. The van der Waals surface area contributed by atoms with Crippen LogP contribution in [0.25, 0.3) is 0 Å². The van der Waals surface area contributed by atoms with Gasteiger partial charge < -0.3 is 4.74 Å². The Balaban J connectivity index is 1.56. The summed E-state index contributed by atoms with van der Waals surface area (Å²) in [6.07, 6.45) is 4.14. The summed E-state index contributed by atoms with van der Waals surface area (Å²) in [5.74, 6) is -1.21. The average molecular weight is 417 g/mol. The van der Waals surface area contributed by atoms with Gasteiger partial charge in [-0.05, 0) is 36.9 Å². The van der Waals surface area contributed by atoms with Crippen LogP contribution >= 0.6 is 11.9 Å². The lowest BCUT2D eigenvalue weighted by Crippen LogP contribution is -2.24. The number of nitrogens with zero attached hydrogens (tertiary/aromatic N) is 4. The van der Waals surface area contributed by atoms with Crippen LogP contribution in [0.3, 0.4) is 0 Å². The molecule has 6 nitrogen and oxygen atoms in total. The minimum absolute atomic E-state index is 0.0420. The van der Waals surface area contributed by atoms with E-state index in [9.17, 15) is 8.78 Å². The number of halogens is 2. The molecular formula is C20H21F2N5OS. The van der Waals surface area contributed by atoms with Crippen molar-refractivity contribution in [3.63, 3.8) is 0 Å². The maximum atomic E-state index is 13.6. The van der Waals surface area contributed by atoms with Gasteiger partial charge in [0.25, 0.3) is 0 Å². The second-order valence-corrected chi connectivity index (χ2v) is 7.93. The Bertz CT molecular complexity index is 957. The third kappa shape index (κ3) is 5.23. The lowest BCUT2D eigenvalue weighted by Gasteiger charge is -2.28. The standard InChI is InChI=1S/C20H21F2N5OS/c1-27-13-16(12-23-27)29-26-19-24-17(14-7-9-20(21,22)10-8-14)11-18(25-19)28-15-5-3-2-4-6-15/h2-6,11-14H,7-10H2,1H3,(H,24,25,26). The number of nitrogens with one attached hydrogen (secondary N) is 1. The summed E-state index contributed by atoms with van der Waals surface area (Å²) < 4.78 is 37.8. The Morgan fingerprint density at radius 1 is 1.17 bits per heavy atom. The van der Waals surface area contributed by atoms with Crippen molar-refractivity contribution >= 4 is 17.9 Å². The molecule has 0 atom stereocenters. The first-order valence-electron chi connectivity index (χ1n) is 9.38. The van der Waals surface area contributed by atoms with Crippen molar-refractivity contribution < 1.29 is 13.5 Å². The fraction of sp³-hybridized carbons (Fsp3) is 0.350. The van der Waals surface area contributed by atoms with E-state index in [-0.39, 0.29) is 18.8 Å². The van der Waals surface area contributed by atoms with E-state index in [1.807, 2.05) is 43.6 Å². The average Bonchev–Trinajstić information content (AvgIpc) is 3.12. The fourth-order valence-corrected chi connectivity index (χ4v) is 3.86. The van der Waals surface area contributed by atoms with Gasteiger partial charge >= 0.3 is 0 Å². The Labute approximate surface area is 171 Å². The number of anilines is 1. The van der Waals surface area contributed by atoms with Crippen molar-refractivity contribution in [1.29, 1.82) is 0 Å². The molecule has 0 saturated heterocycles. The van der Waals surface area contributed by atoms with Crippen molar-refractivity contribution in [1.82, 2.24) is 19.7 Å². The number of aryl methyl sites for hydroxylation is 1. The molecule has 29 heavy (non-hydrogen) atoms. The number of hydrogen-bond donors (Lipinski definition) is 1. The van der Waals surface area contributed by atoms with Gasteiger partial charge in [-0.1, -0.05) is 18.2 Å². The van der Waals surface area contributed by atoms with Gasteiger partial charge in [-0.25, -0.2) is 13.8 Å². The van der Waals surface area contributed by atoms with E-state index in [0.717, 1.165) is 10.6 Å². The SMILES string of the molecule is Cn1cc(SNc2nc(Oc3ccccc3)cc(C3CCC(F)(F)CC3)n2)cn1. The number of benzene rings is 1. The van der Waals surface area contributed by atoms with E-state index in [0.29, 0.717) is 30.4 Å². The highest BCUT2D eigenvalue weighted by Crippen LogP contribution is 2.41. The molecule has 0 bridgehead atoms. The zero-order valence-electron chi connectivity index (χ0n) is 15.9. The minimum atomic E-state index is -2.58. The second kappa shape index (κ2) is 8.36. The van der Waals surface area contributed by atoms with Crippen LogP contribution in [0.5, 0.6) is 11.6 Å². The van der Waals surface area contributed by atoms with Gasteiger partial charge in [0.15, 0.2) is 0 Å². The van der Waals surface area contributed by atoms with Gasteiger partial charge in [0, 0.05) is 38.1 Å². The van der Waals surface area contributed by atoms with Gasteiger partial charge in [0.05, 0.1) is 16.8 Å². The zero-order chi connectivity index (χ0) is 20.3. The Hall–Kier alpha value is -2.68. The van der Waals surface area contributed by atoms with Crippen molar-refractivity contribution in [3.8, 4) is 11.6 Å². The van der Waals surface area contributed by atoms with Crippen LogP contribution in [0.1, 0.15) is 37.3 Å². The molecule has 1 aliphatic rings. The summed E-state index contributed by atoms with van der Waals surface area (Å²) in [4.78, 5) is 9.91. The molecule has 1 aromatic carbocycles. The molecule has 3 aromatic rings. The molecule has 152 valence electrons. The highest BCUT2D eigenvalue weighted by Gasteiger charge is 2.36. The highest BCUT2D eigenvalue weighted by molar-refractivity contribution is 8.00. The molecule has 1 fully saturated rings. The molecule has 1 saturated carbocycles. The zero-order valence-corrected chi connectivity index (χ0v) is 16.7. The molecule has 0 unspecified atom stereocenters. The van der Waals surface area contributed by atoms with E-state index in [2.05, 4.69) is 19.8 Å². The molecule has 9 heteroatoms. The van der Waals surface area contributed by atoms with Crippen LogP contribution in [0, 0.1) is 0 Å². The number of ether oxygens (including phenoxy) is 1. The molecule has 0 spiro atoms. The van der Waals surface area contributed by atoms with Gasteiger partial charge in [0.1, 0.15) is 5.75 Å². The summed E-state index contributed by atoms with van der Waals surface area (Å²) in [7, 11) is 1.84. The predicted octanol–water partition coefficient (Wildman–Crippen LogP) is 5.41. The minimum Gasteiger partial charge on any atom is -0.439 e. The van der Waals surface area contributed by atoms with E-state index < -0.39 is 5.92 Å².